The van der Waals surface area contributed by atoms with Crippen LogP contribution in [0.4, 0.5) is 0 Å². The van der Waals surface area contributed by atoms with Crippen LogP contribution in [0.5, 0.6) is 0 Å². The molecule has 2 heterocycles. The van der Waals surface area contributed by atoms with Gasteiger partial charge in [-0.2, -0.15) is 4.98 Å². The van der Waals surface area contributed by atoms with Crippen molar-refractivity contribution in [2.45, 2.75) is 44.6 Å². The summed E-state index contributed by atoms with van der Waals surface area (Å²) in [6.07, 6.45) is 4.62. The highest BCUT2D eigenvalue weighted by Gasteiger charge is 2.38. The number of hydrogen-bond donors (Lipinski definition) is 1. The zero-order valence-corrected chi connectivity index (χ0v) is 9.07. The van der Waals surface area contributed by atoms with E-state index in [1.54, 1.807) is 0 Å². The molecular weight excluding hydrogens is 190 g/mol. The van der Waals surface area contributed by atoms with Crippen molar-refractivity contribution in [3.8, 4) is 0 Å². The first-order chi connectivity index (χ1) is 7.33. The van der Waals surface area contributed by atoms with E-state index in [-0.39, 0.29) is 0 Å². The predicted molar refractivity (Wildman–Crippen MR) is 55.5 cm³/mol. The van der Waals surface area contributed by atoms with Gasteiger partial charge in [-0.1, -0.05) is 12.1 Å². The van der Waals surface area contributed by atoms with Crippen LogP contribution in [0.3, 0.4) is 0 Å². The van der Waals surface area contributed by atoms with Gasteiger partial charge in [-0.05, 0) is 31.7 Å². The third-order valence-electron chi connectivity index (χ3n) is 3.51. The molecule has 0 radical (unpaired) electrons. The molecular formula is C11H17N3O. The van der Waals surface area contributed by atoms with E-state index in [0.29, 0.717) is 12.0 Å². The second-order valence-corrected chi connectivity index (χ2v) is 4.86. The van der Waals surface area contributed by atoms with Gasteiger partial charge < -0.3 is 9.84 Å². The number of aromatic nitrogens is 2. The molecule has 82 valence electrons. The molecule has 2 fully saturated rings. The average Bonchev–Trinajstić information content (AvgIpc) is 2.74. The van der Waals surface area contributed by atoms with Gasteiger partial charge in [-0.25, -0.2) is 0 Å². The van der Waals surface area contributed by atoms with Crippen LogP contribution in [-0.4, -0.2) is 22.7 Å². The minimum atomic E-state index is 0.551. The molecule has 3 unspecified atom stereocenters. The maximum atomic E-state index is 5.28. The molecule has 1 saturated heterocycles. The first-order valence-corrected chi connectivity index (χ1v) is 5.89. The molecule has 1 N–H and O–H groups in total. The molecule has 0 bridgehead atoms. The van der Waals surface area contributed by atoms with E-state index < -0.39 is 0 Å². The highest BCUT2D eigenvalue weighted by Crippen LogP contribution is 2.45. The molecule has 0 amide bonds. The summed E-state index contributed by atoms with van der Waals surface area (Å²) in [4.78, 5) is 4.47. The van der Waals surface area contributed by atoms with Gasteiger partial charge in [0.05, 0.1) is 0 Å². The Morgan fingerprint density at radius 3 is 3.07 bits per heavy atom. The van der Waals surface area contributed by atoms with Crippen LogP contribution < -0.4 is 5.32 Å². The van der Waals surface area contributed by atoms with Crippen molar-refractivity contribution in [3.05, 3.63) is 11.7 Å². The minimum absolute atomic E-state index is 0.551. The number of hydrogen-bond acceptors (Lipinski definition) is 4. The fourth-order valence-electron chi connectivity index (χ4n) is 2.33. The van der Waals surface area contributed by atoms with E-state index in [1.165, 1.54) is 19.3 Å². The third-order valence-corrected chi connectivity index (χ3v) is 3.51. The van der Waals surface area contributed by atoms with Crippen LogP contribution in [0.25, 0.3) is 0 Å². The number of rotatable bonds is 3. The van der Waals surface area contributed by atoms with Gasteiger partial charge in [-0.3, -0.25) is 0 Å². The van der Waals surface area contributed by atoms with E-state index in [4.69, 9.17) is 4.52 Å². The van der Waals surface area contributed by atoms with Crippen molar-refractivity contribution in [2.24, 2.45) is 5.92 Å². The molecule has 0 spiro atoms. The lowest BCUT2D eigenvalue weighted by Crippen LogP contribution is -2.23. The van der Waals surface area contributed by atoms with Crippen molar-refractivity contribution < 1.29 is 4.52 Å². The molecule has 4 nitrogen and oxygen atoms in total. The molecule has 1 aliphatic carbocycles. The smallest absolute Gasteiger partial charge is 0.228 e. The van der Waals surface area contributed by atoms with Crippen LogP contribution in [0.2, 0.25) is 0 Å². The quantitative estimate of drug-likeness (QED) is 0.815. The lowest BCUT2D eigenvalue weighted by Gasteiger charge is -2.04. The van der Waals surface area contributed by atoms with Gasteiger partial charge in [0, 0.05) is 18.4 Å². The SMILES string of the molecule is CC1CC1c1noc(CC2CCCN2)n1. The van der Waals surface area contributed by atoms with E-state index in [2.05, 4.69) is 22.4 Å². The largest absolute Gasteiger partial charge is 0.339 e. The Balaban J connectivity index is 1.63. The molecule has 15 heavy (non-hydrogen) atoms. The first kappa shape index (κ1) is 9.33. The summed E-state index contributed by atoms with van der Waals surface area (Å²) in [5.41, 5.74) is 0. The van der Waals surface area contributed by atoms with E-state index >= 15 is 0 Å². The van der Waals surface area contributed by atoms with Crippen molar-refractivity contribution in [3.63, 3.8) is 0 Å². The second kappa shape index (κ2) is 3.59. The highest BCUT2D eigenvalue weighted by atomic mass is 16.5. The van der Waals surface area contributed by atoms with Gasteiger partial charge in [0.15, 0.2) is 5.82 Å². The Kier molecular flexibility index (Phi) is 2.24. The first-order valence-electron chi connectivity index (χ1n) is 5.89. The molecule has 0 aromatic carbocycles. The van der Waals surface area contributed by atoms with Crippen molar-refractivity contribution in [2.75, 3.05) is 6.54 Å². The minimum Gasteiger partial charge on any atom is -0.339 e. The van der Waals surface area contributed by atoms with Gasteiger partial charge in [-0.15, -0.1) is 0 Å². The molecule has 1 aromatic heterocycles. The average molecular weight is 207 g/mol. The van der Waals surface area contributed by atoms with E-state index in [0.717, 1.165) is 30.6 Å². The maximum Gasteiger partial charge on any atom is 0.228 e. The molecule has 1 saturated carbocycles. The van der Waals surface area contributed by atoms with Gasteiger partial charge in [0.25, 0.3) is 0 Å². The lowest BCUT2D eigenvalue weighted by atomic mass is 10.1. The maximum absolute atomic E-state index is 5.28. The summed E-state index contributed by atoms with van der Waals surface area (Å²) in [5.74, 6) is 3.05. The number of nitrogens with one attached hydrogen (secondary N) is 1. The Morgan fingerprint density at radius 1 is 1.53 bits per heavy atom. The van der Waals surface area contributed by atoms with Crippen LogP contribution in [0, 0.1) is 5.92 Å². The number of nitrogens with zero attached hydrogens (tertiary/aromatic N) is 2. The zero-order chi connectivity index (χ0) is 10.3. The van der Waals surface area contributed by atoms with Crippen molar-refractivity contribution >= 4 is 0 Å². The van der Waals surface area contributed by atoms with E-state index in [9.17, 15) is 0 Å². The Hall–Kier alpha value is -0.900. The van der Waals surface area contributed by atoms with Crippen LogP contribution in [0.15, 0.2) is 4.52 Å². The topological polar surface area (TPSA) is 51.0 Å². The normalized spacial score (nSPS) is 34.6. The lowest BCUT2D eigenvalue weighted by molar-refractivity contribution is 0.359. The zero-order valence-electron chi connectivity index (χ0n) is 9.07. The fourth-order valence-corrected chi connectivity index (χ4v) is 2.33. The standard InChI is InChI=1S/C11H17N3O/c1-7-5-9(7)11-13-10(15-14-11)6-8-3-2-4-12-8/h7-9,12H,2-6H2,1H3. The summed E-state index contributed by atoms with van der Waals surface area (Å²) < 4.78 is 5.28. The fraction of sp³-hybridized carbons (Fsp3) is 0.818. The third kappa shape index (κ3) is 1.91. The molecule has 1 aromatic rings. The van der Waals surface area contributed by atoms with Crippen molar-refractivity contribution in [1.82, 2.24) is 15.5 Å². The Labute approximate surface area is 89.4 Å². The Bertz CT molecular complexity index is 343. The molecule has 3 atom stereocenters. The molecule has 2 aliphatic rings. The van der Waals surface area contributed by atoms with Crippen molar-refractivity contribution in [1.29, 1.82) is 0 Å². The van der Waals surface area contributed by atoms with Gasteiger partial charge in [0.2, 0.25) is 5.89 Å². The predicted octanol–water partition coefficient (Wildman–Crippen LogP) is 1.49. The summed E-state index contributed by atoms with van der Waals surface area (Å²) in [6.45, 7) is 3.37. The summed E-state index contributed by atoms with van der Waals surface area (Å²) >= 11 is 0. The monoisotopic (exact) mass is 207 g/mol. The van der Waals surface area contributed by atoms with Crippen LogP contribution in [-0.2, 0) is 6.42 Å². The van der Waals surface area contributed by atoms with Crippen LogP contribution in [0.1, 0.15) is 43.8 Å². The molecule has 4 heteroatoms. The molecule has 3 rings (SSSR count). The van der Waals surface area contributed by atoms with E-state index in [1.807, 2.05) is 0 Å². The second-order valence-electron chi connectivity index (χ2n) is 4.86. The summed E-state index contributed by atoms with van der Waals surface area (Å²) in [5, 5.41) is 7.50. The van der Waals surface area contributed by atoms with Gasteiger partial charge in [0.1, 0.15) is 0 Å². The Morgan fingerprint density at radius 2 is 2.40 bits per heavy atom. The highest BCUT2D eigenvalue weighted by molar-refractivity contribution is 5.07. The summed E-state index contributed by atoms with van der Waals surface area (Å²) in [7, 11) is 0. The van der Waals surface area contributed by atoms with Gasteiger partial charge >= 0.3 is 0 Å². The molecule has 1 aliphatic heterocycles. The summed E-state index contributed by atoms with van der Waals surface area (Å²) in [6, 6.07) is 0.551. The van der Waals surface area contributed by atoms with Crippen LogP contribution >= 0.6 is 0 Å².